The van der Waals surface area contributed by atoms with Gasteiger partial charge < -0.3 is 19.7 Å². The molecule has 0 aliphatic carbocycles. The molecule has 0 aromatic rings. The topological polar surface area (TPSA) is 105 Å². The molecule has 8 nitrogen and oxygen atoms in total. The molecular weight excluding hydrogens is 364 g/mol. The second-order valence-electron chi connectivity index (χ2n) is 7.64. The van der Waals surface area contributed by atoms with E-state index in [4.69, 9.17) is 9.47 Å². The molecule has 2 unspecified atom stereocenters. The zero-order valence-corrected chi connectivity index (χ0v) is 17.2. The van der Waals surface area contributed by atoms with E-state index in [1.165, 1.54) is 7.11 Å². The first kappa shape index (κ1) is 22.3. The summed E-state index contributed by atoms with van der Waals surface area (Å²) >= 11 is 0. The van der Waals surface area contributed by atoms with E-state index in [2.05, 4.69) is 5.32 Å². The molecule has 8 heteroatoms. The number of Topliss-reactive ketones (excluding diaryl/α,β-unsaturated/α-hetero) is 1. The van der Waals surface area contributed by atoms with E-state index in [1.807, 2.05) is 20.8 Å². The Bertz CT molecular complexity index is 608. The van der Waals surface area contributed by atoms with Crippen LogP contribution in [0.15, 0.2) is 0 Å². The summed E-state index contributed by atoms with van der Waals surface area (Å²) in [6.45, 7) is 6.86. The lowest BCUT2D eigenvalue weighted by atomic mass is 9.85. The lowest BCUT2D eigenvalue weighted by Crippen LogP contribution is -2.46. The third kappa shape index (κ3) is 5.10. The van der Waals surface area contributed by atoms with Gasteiger partial charge in [-0.05, 0) is 25.2 Å². The van der Waals surface area contributed by atoms with Crippen molar-refractivity contribution < 1.29 is 28.7 Å². The summed E-state index contributed by atoms with van der Waals surface area (Å²) in [5.41, 5.74) is 0. The molecule has 0 radical (unpaired) electrons. The Morgan fingerprint density at radius 3 is 2.54 bits per heavy atom. The molecular formula is C20H32N2O6. The summed E-state index contributed by atoms with van der Waals surface area (Å²) < 4.78 is 10.1. The maximum atomic E-state index is 13.2. The number of epoxide rings is 1. The van der Waals surface area contributed by atoms with E-state index in [9.17, 15) is 19.2 Å². The van der Waals surface area contributed by atoms with Gasteiger partial charge in [0.25, 0.3) is 5.91 Å². The van der Waals surface area contributed by atoms with Crippen LogP contribution in [0.25, 0.3) is 0 Å². The highest BCUT2D eigenvalue weighted by atomic mass is 16.6. The van der Waals surface area contributed by atoms with Crippen molar-refractivity contribution >= 4 is 23.6 Å². The van der Waals surface area contributed by atoms with Crippen LogP contribution in [0, 0.1) is 11.8 Å². The van der Waals surface area contributed by atoms with Crippen LogP contribution in [0.5, 0.6) is 0 Å². The van der Waals surface area contributed by atoms with Gasteiger partial charge in [-0.2, -0.15) is 0 Å². The molecule has 2 rings (SSSR count). The molecule has 0 saturated carbocycles. The molecule has 2 heterocycles. The molecule has 2 aliphatic heterocycles. The SMILES string of the molecule is CCCNC(=O)[C@H]1O[C@@H]1C(=O)C[C@H](C(=O)N1CCCC1C(=O)OC)C(C)CC. The molecule has 28 heavy (non-hydrogen) atoms. The molecule has 0 bridgehead atoms. The van der Waals surface area contributed by atoms with E-state index in [1.54, 1.807) is 4.90 Å². The number of nitrogens with zero attached hydrogens (tertiary/aromatic N) is 1. The normalized spacial score (nSPS) is 25.7. The van der Waals surface area contributed by atoms with Crippen LogP contribution in [-0.2, 0) is 28.7 Å². The van der Waals surface area contributed by atoms with Crippen molar-refractivity contribution in [1.29, 1.82) is 0 Å². The van der Waals surface area contributed by atoms with E-state index in [0.717, 1.165) is 19.3 Å². The highest BCUT2D eigenvalue weighted by molar-refractivity contribution is 5.98. The van der Waals surface area contributed by atoms with Gasteiger partial charge >= 0.3 is 5.97 Å². The number of ketones is 1. The minimum atomic E-state index is -0.772. The number of likely N-dealkylation sites (tertiary alicyclic amines) is 1. The zero-order chi connectivity index (χ0) is 20.8. The first-order valence-electron chi connectivity index (χ1n) is 10.2. The average Bonchev–Trinajstić information content (AvgIpc) is 3.36. The Hall–Kier alpha value is -1.96. The predicted molar refractivity (Wildman–Crippen MR) is 101 cm³/mol. The zero-order valence-electron chi connectivity index (χ0n) is 17.2. The highest BCUT2D eigenvalue weighted by Crippen LogP contribution is 2.31. The maximum absolute atomic E-state index is 13.2. The molecule has 2 amide bonds. The molecule has 0 spiro atoms. The van der Waals surface area contributed by atoms with Crippen LogP contribution < -0.4 is 5.32 Å². The van der Waals surface area contributed by atoms with Gasteiger partial charge in [0.1, 0.15) is 6.04 Å². The lowest BCUT2D eigenvalue weighted by Gasteiger charge is -2.30. The Kier molecular flexibility index (Phi) is 7.98. The van der Waals surface area contributed by atoms with Crippen molar-refractivity contribution in [1.82, 2.24) is 10.2 Å². The second-order valence-corrected chi connectivity index (χ2v) is 7.64. The summed E-state index contributed by atoms with van der Waals surface area (Å²) in [5.74, 6) is -1.68. The van der Waals surface area contributed by atoms with Crippen molar-refractivity contribution in [2.45, 2.75) is 71.1 Å². The molecule has 2 fully saturated rings. The van der Waals surface area contributed by atoms with Gasteiger partial charge in [-0.3, -0.25) is 14.4 Å². The van der Waals surface area contributed by atoms with Gasteiger partial charge in [0.05, 0.1) is 7.11 Å². The van der Waals surface area contributed by atoms with Gasteiger partial charge in [-0.15, -0.1) is 0 Å². The summed E-state index contributed by atoms with van der Waals surface area (Å²) in [6, 6.07) is -0.580. The first-order valence-corrected chi connectivity index (χ1v) is 10.2. The maximum Gasteiger partial charge on any atom is 0.328 e. The Labute approximate surface area is 166 Å². The summed E-state index contributed by atoms with van der Waals surface area (Å²) in [5, 5.41) is 2.72. The van der Waals surface area contributed by atoms with E-state index in [0.29, 0.717) is 19.5 Å². The number of esters is 1. The second kappa shape index (κ2) is 10.0. The van der Waals surface area contributed by atoms with E-state index < -0.39 is 30.1 Å². The number of carbonyl (C=O) groups is 4. The monoisotopic (exact) mass is 396 g/mol. The molecule has 0 aromatic heterocycles. The Morgan fingerprint density at radius 1 is 1.21 bits per heavy atom. The van der Waals surface area contributed by atoms with Crippen molar-refractivity contribution in [3.05, 3.63) is 0 Å². The van der Waals surface area contributed by atoms with Gasteiger partial charge in [0.2, 0.25) is 5.91 Å². The van der Waals surface area contributed by atoms with Gasteiger partial charge in [-0.25, -0.2) is 4.79 Å². The summed E-state index contributed by atoms with van der Waals surface area (Å²) in [6.07, 6.45) is 1.34. The van der Waals surface area contributed by atoms with Crippen LogP contribution >= 0.6 is 0 Å². The van der Waals surface area contributed by atoms with Gasteiger partial charge in [0, 0.05) is 25.4 Å². The third-order valence-electron chi connectivity index (χ3n) is 5.69. The largest absolute Gasteiger partial charge is 0.467 e. The van der Waals surface area contributed by atoms with E-state index >= 15 is 0 Å². The van der Waals surface area contributed by atoms with Crippen LogP contribution in [0.2, 0.25) is 0 Å². The average molecular weight is 396 g/mol. The fourth-order valence-corrected chi connectivity index (χ4v) is 3.68. The minimum Gasteiger partial charge on any atom is -0.467 e. The van der Waals surface area contributed by atoms with Crippen molar-refractivity contribution in [2.75, 3.05) is 20.2 Å². The van der Waals surface area contributed by atoms with Gasteiger partial charge in [0.15, 0.2) is 18.0 Å². The van der Waals surface area contributed by atoms with Crippen LogP contribution in [0.4, 0.5) is 0 Å². The molecule has 2 aliphatic rings. The van der Waals surface area contributed by atoms with Crippen LogP contribution in [-0.4, -0.2) is 66.9 Å². The van der Waals surface area contributed by atoms with E-state index in [-0.39, 0.29) is 29.9 Å². The number of ether oxygens (including phenoxy) is 2. The van der Waals surface area contributed by atoms with Crippen molar-refractivity contribution in [2.24, 2.45) is 11.8 Å². The molecule has 2 saturated heterocycles. The number of hydrogen-bond acceptors (Lipinski definition) is 6. The number of nitrogens with one attached hydrogen (secondary N) is 1. The minimum absolute atomic E-state index is 0.0143. The Morgan fingerprint density at radius 2 is 1.93 bits per heavy atom. The summed E-state index contributed by atoms with van der Waals surface area (Å²) in [7, 11) is 1.31. The number of amides is 2. The fourth-order valence-electron chi connectivity index (χ4n) is 3.68. The standard InChI is InChI=1S/C20H32N2O6/c1-5-9-21-18(24)17-16(28-17)15(23)11-13(12(3)6-2)19(25)22-10-7-8-14(22)20(26)27-4/h12-14,16-17H,5-11H2,1-4H3,(H,21,24)/t12?,13-,14?,16+,17-/m0/s1. The number of carbonyl (C=O) groups excluding carboxylic acids is 4. The quantitative estimate of drug-likeness (QED) is 0.437. The molecule has 0 aromatic carbocycles. The first-order chi connectivity index (χ1) is 13.3. The predicted octanol–water partition coefficient (Wildman–Crippen LogP) is 1.07. The van der Waals surface area contributed by atoms with Crippen LogP contribution in [0.3, 0.4) is 0 Å². The van der Waals surface area contributed by atoms with Crippen molar-refractivity contribution in [3.8, 4) is 0 Å². The highest BCUT2D eigenvalue weighted by Gasteiger charge is 2.51. The Balaban J connectivity index is 2.02. The smallest absolute Gasteiger partial charge is 0.328 e. The van der Waals surface area contributed by atoms with Crippen molar-refractivity contribution in [3.63, 3.8) is 0 Å². The fraction of sp³-hybridized carbons (Fsp3) is 0.800. The molecule has 5 atom stereocenters. The lowest BCUT2D eigenvalue weighted by molar-refractivity contribution is -0.153. The number of rotatable bonds is 10. The summed E-state index contributed by atoms with van der Waals surface area (Å²) in [4.78, 5) is 51.3. The molecule has 158 valence electrons. The molecule has 1 N–H and O–H groups in total. The third-order valence-corrected chi connectivity index (χ3v) is 5.69. The van der Waals surface area contributed by atoms with Gasteiger partial charge in [-0.1, -0.05) is 27.2 Å². The van der Waals surface area contributed by atoms with Crippen LogP contribution in [0.1, 0.15) is 52.9 Å². The number of methoxy groups -OCH3 is 1. The number of hydrogen-bond donors (Lipinski definition) is 1.